The van der Waals surface area contributed by atoms with E-state index in [1.165, 1.54) is 14.2 Å². The van der Waals surface area contributed by atoms with Crippen LogP contribution in [0.1, 0.15) is 18.4 Å². The molecule has 1 amide bonds. The molecule has 0 unspecified atom stereocenters. The Hall–Kier alpha value is -2.83. The molecule has 1 N–H and O–H groups in total. The minimum atomic E-state index is -0.708. The number of methoxy groups -OCH3 is 2. The van der Waals surface area contributed by atoms with Gasteiger partial charge in [-0.15, -0.1) is 0 Å². The number of carbonyl (C=O) groups is 3. The van der Waals surface area contributed by atoms with Gasteiger partial charge in [0, 0.05) is 13.0 Å². The van der Waals surface area contributed by atoms with Gasteiger partial charge in [0.05, 0.1) is 31.7 Å². The summed E-state index contributed by atoms with van der Waals surface area (Å²) in [5.41, 5.74) is 2.08. The monoisotopic (exact) mass is 332 g/mol. The third-order valence-electron chi connectivity index (χ3n) is 3.65. The fourth-order valence-electron chi connectivity index (χ4n) is 2.47. The van der Waals surface area contributed by atoms with Crippen molar-refractivity contribution in [2.24, 2.45) is 0 Å². The maximum absolute atomic E-state index is 12.0. The highest BCUT2D eigenvalue weighted by Crippen LogP contribution is 2.31. The van der Waals surface area contributed by atoms with Crippen LogP contribution in [-0.2, 0) is 23.9 Å². The van der Waals surface area contributed by atoms with Crippen molar-refractivity contribution in [3.8, 4) is 0 Å². The van der Waals surface area contributed by atoms with E-state index in [-0.39, 0.29) is 11.6 Å². The van der Waals surface area contributed by atoms with Gasteiger partial charge < -0.3 is 19.7 Å². The van der Waals surface area contributed by atoms with Gasteiger partial charge >= 0.3 is 11.9 Å². The van der Waals surface area contributed by atoms with Gasteiger partial charge in [-0.3, -0.25) is 4.79 Å². The van der Waals surface area contributed by atoms with E-state index in [1.54, 1.807) is 11.0 Å². The molecule has 0 saturated carbocycles. The summed E-state index contributed by atoms with van der Waals surface area (Å²) in [4.78, 5) is 37.1. The standard InChI is InChI=1S/C17H20N2O5/c1-11-6-7-14(19-8-4-5-15(19)20)12(9-11)18-13(17(22)24-3)10-16(21)23-2/h6-7,9-10,18H,4-5,8H2,1-3H3/b13-10+. The SMILES string of the molecule is COC(=O)/C=C(/Nc1cc(C)ccc1N1CCCC1=O)C(=O)OC. The molecule has 0 aliphatic carbocycles. The summed E-state index contributed by atoms with van der Waals surface area (Å²) in [5, 5.41) is 2.89. The zero-order valence-corrected chi connectivity index (χ0v) is 13.9. The van der Waals surface area contributed by atoms with Gasteiger partial charge in [0.25, 0.3) is 0 Å². The number of amides is 1. The van der Waals surface area contributed by atoms with Crippen LogP contribution < -0.4 is 10.2 Å². The normalized spacial score (nSPS) is 14.5. The molecule has 1 aromatic carbocycles. The molecule has 0 aromatic heterocycles. The fraction of sp³-hybridized carbons (Fsp3) is 0.353. The first-order valence-electron chi connectivity index (χ1n) is 7.52. The molecule has 0 atom stereocenters. The van der Waals surface area contributed by atoms with Crippen molar-refractivity contribution in [1.29, 1.82) is 0 Å². The summed E-state index contributed by atoms with van der Waals surface area (Å²) >= 11 is 0. The maximum Gasteiger partial charge on any atom is 0.354 e. The number of aryl methyl sites for hydroxylation is 1. The molecule has 0 bridgehead atoms. The molecule has 1 saturated heterocycles. The van der Waals surface area contributed by atoms with Crippen molar-refractivity contribution in [3.05, 3.63) is 35.5 Å². The van der Waals surface area contributed by atoms with Crippen LogP contribution >= 0.6 is 0 Å². The van der Waals surface area contributed by atoms with Crippen molar-refractivity contribution < 1.29 is 23.9 Å². The van der Waals surface area contributed by atoms with E-state index in [0.29, 0.717) is 24.3 Å². The number of hydrogen-bond donors (Lipinski definition) is 1. The molecule has 1 aliphatic rings. The number of ether oxygens (including phenoxy) is 2. The van der Waals surface area contributed by atoms with Crippen LogP contribution in [0.3, 0.4) is 0 Å². The summed E-state index contributed by atoms with van der Waals surface area (Å²) in [5.74, 6) is -1.37. The van der Waals surface area contributed by atoms with Crippen molar-refractivity contribution >= 4 is 29.2 Å². The second kappa shape index (κ2) is 7.63. The van der Waals surface area contributed by atoms with E-state index in [4.69, 9.17) is 0 Å². The summed E-state index contributed by atoms with van der Waals surface area (Å²) < 4.78 is 9.24. The molecule has 0 spiro atoms. The van der Waals surface area contributed by atoms with E-state index in [2.05, 4.69) is 14.8 Å². The molecule has 1 heterocycles. The number of hydrogen-bond acceptors (Lipinski definition) is 6. The average molecular weight is 332 g/mol. The van der Waals surface area contributed by atoms with Crippen LogP contribution in [0, 0.1) is 6.92 Å². The molecular formula is C17H20N2O5. The number of nitrogens with zero attached hydrogens (tertiary/aromatic N) is 1. The zero-order chi connectivity index (χ0) is 17.7. The first-order valence-corrected chi connectivity index (χ1v) is 7.52. The first-order chi connectivity index (χ1) is 11.5. The van der Waals surface area contributed by atoms with E-state index in [0.717, 1.165) is 18.1 Å². The number of carbonyl (C=O) groups excluding carboxylic acids is 3. The zero-order valence-electron chi connectivity index (χ0n) is 13.9. The van der Waals surface area contributed by atoms with E-state index >= 15 is 0 Å². The third kappa shape index (κ3) is 3.92. The lowest BCUT2D eigenvalue weighted by atomic mass is 10.1. The van der Waals surface area contributed by atoms with Gasteiger partial charge in [-0.25, -0.2) is 9.59 Å². The molecule has 7 nitrogen and oxygen atoms in total. The van der Waals surface area contributed by atoms with Crippen LogP contribution in [0.2, 0.25) is 0 Å². The Balaban J connectivity index is 2.40. The Morgan fingerprint density at radius 2 is 2.00 bits per heavy atom. The lowest BCUT2D eigenvalue weighted by Crippen LogP contribution is -2.25. The first kappa shape index (κ1) is 17.5. The Morgan fingerprint density at radius 1 is 1.25 bits per heavy atom. The van der Waals surface area contributed by atoms with Gasteiger partial charge in [0.1, 0.15) is 5.70 Å². The van der Waals surface area contributed by atoms with E-state index in [1.807, 2.05) is 19.1 Å². The van der Waals surface area contributed by atoms with Crippen molar-refractivity contribution in [2.75, 3.05) is 31.0 Å². The van der Waals surface area contributed by atoms with Crippen LogP contribution in [0.5, 0.6) is 0 Å². The van der Waals surface area contributed by atoms with Gasteiger partial charge in [0.15, 0.2) is 0 Å². The second-order valence-electron chi connectivity index (χ2n) is 5.37. The van der Waals surface area contributed by atoms with Crippen molar-refractivity contribution in [1.82, 2.24) is 0 Å². The third-order valence-corrected chi connectivity index (χ3v) is 3.65. The van der Waals surface area contributed by atoms with Crippen molar-refractivity contribution in [2.45, 2.75) is 19.8 Å². The molecule has 1 fully saturated rings. The Morgan fingerprint density at radius 3 is 2.58 bits per heavy atom. The number of rotatable bonds is 5. The summed E-state index contributed by atoms with van der Waals surface area (Å²) in [6.07, 6.45) is 2.30. The highest BCUT2D eigenvalue weighted by molar-refractivity contribution is 6.02. The maximum atomic E-state index is 12.0. The highest BCUT2D eigenvalue weighted by Gasteiger charge is 2.25. The molecule has 128 valence electrons. The Labute approximate surface area is 140 Å². The lowest BCUT2D eigenvalue weighted by molar-refractivity contribution is -0.138. The average Bonchev–Trinajstić information content (AvgIpc) is 2.99. The molecule has 1 aliphatic heterocycles. The smallest absolute Gasteiger partial charge is 0.354 e. The largest absolute Gasteiger partial charge is 0.466 e. The number of esters is 2. The number of anilines is 2. The Bertz CT molecular complexity index is 696. The van der Waals surface area contributed by atoms with Gasteiger partial charge in [0.2, 0.25) is 5.91 Å². The molecule has 7 heteroatoms. The molecule has 1 aromatic rings. The van der Waals surface area contributed by atoms with Gasteiger partial charge in [-0.05, 0) is 31.0 Å². The predicted octanol–water partition coefficient (Wildman–Crippen LogP) is 1.76. The predicted molar refractivity (Wildman–Crippen MR) is 88.5 cm³/mol. The van der Waals surface area contributed by atoms with Gasteiger partial charge in [-0.1, -0.05) is 6.07 Å². The quantitative estimate of drug-likeness (QED) is 0.653. The number of benzene rings is 1. The van der Waals surface area contributed by atoms with Crippen LogP contribution in [0.15, 0.2) is 30.0 Å². The summed E-state index contributed by atoms with van der Waals surface area (Å²) in [6.45, 7) is 2.51. The number of nitrogens with one attached hydrogen (secondary N) is 1. The fourth-order valence-corrected chi connectivity index (χ4v) is 2.47. The van der Waals surface area contributed by atoms with E-state index < -0.39 is 11.9 Å². The lowest BCUT2D eigenvalue weighted by Gasteiger charge is -2.21. The van der Waals surface area contributed by atoms with E-state index in [9.17, 15) is 14.4 Å². The topological polar surface area (TPSA) is 84.9 Å². The highest BCUT2D eigenvalue weighted by atomic mass is 16.5. The molecular weight excluding hydrogens is 312 g/mol. The van der Waals surface area contributed by atoms with Gasteiger partial charge in [-0.2, -0.15) is 0 Å². The molecule has 2 rings (SSSR count). The Kier molecular flexibility index (Phi) is 5.57. The van der Waals surface area contributed by atoms with Crippen LogP contribution in [0.4, 0.5) is 11.4 Å². The minimum Gasteiger partial charge on any atom is -0.466 e. The van der Waals surface area contributed by atoms with Crippen LogP contribution in [-0.4, -0.2) is 38.6 Å². The molecule has 0 radical (unpaired) electrons. The van der Waals surface area contributed by atoms with Crippen molar-refractivity contribution in [3.63, 3.8) is 0 Å². The van der Waals surface area contributed by atoms with Crippen LogP contribution in [0.25, 0.3) is 0 Å². The minimum absolute atomic E-state index is 0.0264. The summed E-state index contributed by atoms with van der Waals surface area (Å²) in [6, 6.07) is 5.50. The second-order valence-corrected chi connectivity index (χ2v) is 5.37. The summed E-state index contributed by atoms with van der Waals surface area (Å²) in [7, 11) is 2.44. The molecule has 24 heavy (non-hydrogen) atoms.